The number of hydrogen-bond donors (Lipinski definition) is 1. The van der Waals surface area contributed by atoms with E-state index in [1.54, 1.807) is 0 Å². The predicted octanol–water partition coefficient (Wildman–Crippen LogP) is 2.32. The number of esters is 1. The van der Waals surface area contributed by atoms with Crippen molar-refractivity contribution in [2.45, 2.75) is 76.4 Å². The number of carbonyl (C=O) groups excluding carboxylic acids is 1. The third-order valence-corrected chi connectivity index (χ3v) is 5.36. The third-order valence-electron chi connectivity index (χ3n) is 5.36. The summed E-state index contributed by atoms with van der Waals surface area (Å²) in [5.41, 5.74) is 0. The number of piperidine rings is 1. The van der Waals surface area contributed by atoms with Gasteiger partial charge < -0.3 is 10.1 Å². The monoisotopic (exact) mass is 294 g/mol. The van der Waals surface area contributed by atoms with E-state index in [-0.39, 0.29) is 12.0 Å². The van der Waals surface area contributed by atoms with Gasteiger partial charge in [-0.05, 0) is 57.9 Å². The SMILES string of the molecule is CCOC(=O)C(CN1CCCC2CCCCC21)NC1CC1. The fourth-order valence-electron chi connectivity index (χ4n) is 4.16. The Morgan fingerprint density at radius 1 is 1.19 bits per heavy atom. The predicted molar refractivity (Wildman–Crippen MR) is 83.1 cm³/mol. The highest BCUT2D eigenvalue weighted by molar-refractivity contribution is 5.76. The molecule has 0 amide bonds. The molecule has 0 aromatic heterocycles. The summed E-state index contributed by atoms with van der Waals surface area (Å²) in [5, 5.41) is 3.50. The van der Waals surface area contributed by atoms with Crippen LogP contribution in [0, 0.1) is 5.92 Å². The smallest absolute Gasteiger partial charge is 0.324 e. The van der Waals surface area contributed by atoms with Crippen LogP contribution in [-0.2, 0) is 9.53 Å². The lowest BCUT2D eigenvalue weighted by molar-refractivity contribution is -0.146. The number of rotatable bonds is 6. The highest BCUT2D eigenvalue weighted by Gasteiger charge is 2.37. The molecule has 21 heavy (non-hydrogen) atoms. The number of hydrogen-bond acceptors (Lipinski definition) is 4. The van der Waals surface area contributed by atoms with Crippen LogP contribution >= 0.6 is 0 Å². The van der Waals surface area contributed by atoms with Crippen molar-refractivity contribution in [3.05, 3.63) is 0 Å². The van der Waals surface area contributed by atoms with Crippen LogP contribution in [-0.4, -0.2) is 48.7 Å². The maximum absolute atomic E-state index is 12.2. The van der Waals surface area contributed by atoms with E-state index in [1.165, 1.54) is 51.4 Å². The van der Waals surface area contributed by atoms with Crippen LogP contribution in [0.25, 0.3) is 0 Å². The Balaban J connectivity index is 1.61. The maximum Gasteiger partial charge on any atom is 0.324 e. The summed E-state index contributed by atoms with van der Waals surface area (Å²) >= 11 is 0. The van der Waals surface area contributed by atoms with Gasteiger partial charge in [0.15, 0.2) is 0 Å². The van der Waals surface area contributed by atoms with Crippen LogP contribution in [0.3, 0.4) is 0 Å². The first-order valence-corrected chi connectivity index (χ1v) is 8.94. The molecule has 1 heterocycles. The molecule has 3 atom stereocenters. The standard InChI is InChI=1S/C17H30N2O2/c1-2-21-17(20)15(18-14-9-10-14)12-19-11-5-7-13-6-3-4-8-16(13)19/h13-16,18H,2-12H2,1H3. The van der Waals surface area contributed by atoms with Crippen molar-refractivity contribution in [1.29, 1.82) is 0 Å². The number of likely N-dealkylation sites (tertiary alicyclic amines) is 1. The van der Waals surface area contributed by atoms with E-state index in [2.05, 4.69) is 10.2 Å². The van der Waals surface area contributed by atoms with Crippen molar-refractivity contribution in [2.24, 2.45) is 5.92 Å². The van der Waals surface area contributed by atoms with Crippen LogP contribution in [0.5, 0.6) is 0 Å². The first-order chi connectivity index (χ1) is 10.3. The fourth-order valence-corrected chi connectivity index (χ4v) is 4.16. The van der Waals surface area contributed by atoms with E-state index in [4.69, 9.17) is 4.74 Å². The molecule has 3 unspecified atom stereocenters. The minimum Gasteiger partial charge on any atom is -0.465 e. The van der Waals surface area contributed by atoms with Gasteiger partial charge in [-0.15, -0.1) is 0 Å². The second-order valence-electron chi connectivity index (χ2n) is 6.99. The van der Waals surface area contributed by atoms with Crippen molar-refractivity contribution in [3.8, 4) is 0 Å². The molecule has 1 N–H and O–H groups in total. The maximum atomic E-state index is 12.2. The van der Waals surface area contributed by atoms with Gasteiger partial charge in [0.05, 0.1) is 6.61 Å². The first kappa shape index (κ1) is 15.3. The molecule has 0 aromatic carbocycles. The minimum atomic E-state index is -0.127. The summed E-state index contributed by atoms with van der Waals surface area (Å²) < 4.78 is 5.28. The number of nitrogens with zero attached hydrogens (tertiary/aromatic N) is 1. The van der Waals surface area contributed by atoms with Crippen molar-refractivity contribution >= 4 is 5.97 Å². The third kappa shape index (κ3) is 3.98. The van der Waals surface area contributed by atoms with Crippen LogP contribution in [0.4, 0.5) is 0 Å². The molecule has 3 fully saturated rings. The molecule has 2 aliphatic carbocycles. The van der Waals surface area contributed by atoms with Gasteiger partial charge >= 0.3 is 5.97 Å². The van der Waals surface area contributed by atoms with Gasteiger partial charge in [-0.1, -0.05) is 12.8 Å². The zero-order valence-electron chi connectivity index (χ0n) is 13.4. The van der Waals surface area contributed by atoms with E-state index in [0.717, 1.165) is 19.0 Å². The number of nitrogens with one attached hydrogen (secondary N) is 1. The second kappa shape index (κ2) is 7.10. The molecule has 4 heteroatoms. The zero-order valence-corrected chi connectivity index (χ0v) is 13.4. The van der Waals surface area contributed by atoms with E-state index in [9.17, 15) is 4.79 Å². The van der Waals surface area contributed by atoms with Crippen LogP contribution in [0.15, 0.2) is 0 Å². The zero-order chi connectivity index (χ0) is 14.7. The Bertz CT molecular complexity index is 355. The number of ether oxygens (including phenoxy) is 1. The van der Waals surface area contributed by atoms with Gasteiger partial charge in [-0.2, -0.15) is 0 Å². The summed E-state index contributed by atoms with van der Waals surface area (Å²) in [6.45, 7) is 4.37. The Kier molecular flexibility index (Phi) is 5.17. The van der Waals surface area contributed by atoms with E-state index >= 15 is 0 Å². The van der Waals surface area contributed by atoms with E-state index < -0.39 is 0 Å². The summed E-state index contributed by atoms with van der Waals surface area (Å²) in [7, 11) is 0. The van der Waals surface area contributed by atoms with Gasteiger partial charge in [0.1, 0.15) is 6.04 Å². The fraction of sp³-hybridized carbons (Fsp3) is 0.941. The number of fused-ring (bicyclic) bond motifs is 1. The Morgan fingerprint density at radius 3 is 2.71 bits per heavy atom. The van der Waals surface area contributed by atoms with Gasteiger partial charge in [0, 0.05) is 18.6 Å². The molecule has 120 valence electrons. The molecular weight excluding hydrogens is 264 g/mol. The van der Waals surface area contributed by atoms with Crippen LogP contribution in [0.2, 0.25) is 0 Å². The van der Waals surface area contributed by atoms with Crippen LogP contribution < -0.4 is 5.32 Å². The molecule has 1 saturated heterocycles. The molecule has 3 rings (SSSR count). The highest BCUT2D eigenvalue weighted by Crippen LogP contribution is 2.35. The lowest BCUT2D eigenvalue weighted by atomic mass is 9.78. The summed E-state index contributed by atoms with van der Waals surface area (Å²) in [5.74, 6) is 0.818. The van der Waals surface area contributed by atoms with Gasteiger partial charge in [-0.25, -0.2) is 0 Å². The van der Waals surface area contributed by atoms with Gasteiger partial charge in [0.25, 0.3) is 0 Å². The molecule has 2 saturated carbocycles. The Hall–Kier alpha value is -0.610. The van der Waals surface area contributed by atoms with Crippen LogP contribution in [0.1, 0.15) is 58.3 Å². The largest absolute Gasteiger partial charge is 0.465 e. The topological polar surface area (TPSA) is 41.6 Å². The molecule has 0 aromatic rings. The van der Waals surface area contributed by atoms with Gasteiger partial charge in [0.2, 0.25) is 0 Å². The number of carbonyl (C=O) groups is 1. The van der Waals surface area contributed by atoms with E-state index in [1.807, 2.05) is 6.92 Å². The molecule has 0 bridgehead atoms. The molecule has 0 spiro atoms. The normalized spacial score (nSPS) is 31.5. The Labute approximate surface area is 128 Å². The summed E-state index contributed by atoms with van der Waals surface area (Å²) in [4.78, 5) is 14.8. The van der Waals surface area contributed by atoms with E-state index in [0.29, 0.717) is 18.7 Å². The quantitative estimate of drug-likeness (QED) is 0.763. The van der Waals surface area contributed by atoms with Gasteiger partial charge in [-0.3, -0.25) is 9.69 Å². The average molecular weight is 294 g/mol. The average Bonchev–Trinajstić information content (AvgIpc) is 3.31. The minimum absolute atomic E-state index is 0.0534. The van der Waals surface area contributed by atoms with Crippen molar-refractivity contribution in [1.82, 2.24) is 10.2 Å². The van der Waals surface area contributed by atoms with Crippen molar-refractivity contribution in [2.75, 3.05) is 19.7 Å². The second-order valence-corrected chi connectivity index (χ2v) is 6.99. The van der Waals surface area contributed by atoms with Crippen molar-refractivity contribution in [3.63, 3.8) is 0 Å². The molecule has 1 aliphatic heterocycles. The first-order valence-electron chi connectivity index (χ1n) is 8.94. The Morgan fingerprint density at radius 2 is 1.95 bits per heavy atom. The summed E-state index contributed by atoms with van der Waals surface area (Å²) in [6.07, 6.45) is 10.6. The molecular formula is C17H30N2O2. The molecule has 4 nitrogen and oxygen atoms in total. The highest BCUT2D eigenvalue weighted by atomic mass is 16.5. The lowest BCUT2D eigenvalue weighted by Crippen LogP contribution is -2.54. The lowest BCUT2D eigenvalue weighted by Gasteiger charge is -2.45. The van der Waals surface area contributed by atoms with Crippen molar-refractivity contribution < 1.29 is 9.53 Å². The molecule has 3 aliphatic rings. The molecule has 0 radical (unpaired) electrons. The summed E-state index contributed by atoms with van der Waals surface area (Å²) in [6, 6.07) is 1.13.